The van der Waals surface area contributed by atoms with Crippen LogP contribution in [0.25, 0.3) is 21.9 Å². The molecule has 0 bridgehead atoms. The third-order valence-corrected chi connectivity index (χ3v) is 3.78. The predicted molar refractivity (Wildman–Crippen MR) is 84.6 cm³/mol. The van der Waals surface area contributed by atoms with Crippen molar-refractivity contribution in [2.75, 3.05) is 0 Å². The Kier molecular flexibility index (Phi) is 3.53. The van der Waals surface area contributed by atoms with Crippen LogP contribution in [0.4, 0.5) is 0 Å². The molecule has 0 saturated heterocycles. The average Bonchev–Trinajstić information content (AvgIpc) is 2.54. The minimum absolute atomic E-state index is 0.364. The molecule has 20 heavy (non-hydrogen) atoms. The molecule has 1 atom stereocenters. The van der Waals surface area contributed by atoms with E-state index >= 15 is 0 Å². The number of fused-ring (bicyclic) bond motifs is 1. The Morgan fingerprint density at radius 1 is 0.850 bits per heavy atom. The molecule has 3 rings (SSSR count). The summed E-state index contributed by atoms with van der Waals surface area (Å²) in [5, 5.41) is 12.4. The summed E-state index contributed by atoms with van der Waals surface area (Å²) in [6.45, 7) is 1.99. The predicted octanol–water partition coefficient (Wildman–Crippen LogP) is 4.95. The van der Waals surface area contributed by atoms with E-state index in [0.29, 0.717) is 0 Å². The highest BCUT2D eigenvalue weighted by atomic mass is 16.3. The van der Waals surface area contributed by atoms with Crippen molar-refractivity contribution in [3.63, 3.8) is 0 Å². The topological polar surface area (TPSA) is 20.2 Å². The van der Waals surface area contributed by atoms with E-state index in [1.807, 2.05) is 19.1 Å². The second-order valence-corrected chi connectivity index (χ2v) is 5.07. The third kappa shape index (κ3) is 2.33. The zero-order valence-electron chi connectivity index (χ0n) is 11.6. The molecule has 100 valence electrons. The lowest BCUT2D eigenvalue weighted by Gasteiger charge is -2.10. The second-order valence-electron chi connectivity index (χ2n) is 5.07. The van der Waals surface area contributed by atoms with Gasteiger partial charge in [-0.15, -0.1) is 0 Å². The van der Waals surface area contributed by atoms with E-state index < -0.39 is 0 Å². The fourth-order valence-corrected chi connectivity index (χ4v) is 2.60. The van der Waals surface area contributed by atoms with Crippen molar-refractivity contribution < 1.29 is 5.11 Å². The fraction of sp³-hybridized carbons (Fsp3) is 0.158. The molecule has 0 fully saturated rings. The number of benzene rings is 3. The average molecular weight is 262 g/mol. The van der Waals surface area contributed by atoms with Crippen molar-refractivity contribution in [3.05, 3.63) is 72.3 Å². The summed E-state index contributed by atoms with van der Waals surface area (Å²) < 4.78 is 0. The van der Waals surface area contributed by atoms with E-state index in [0.717, 1.165) is 12.0 Å². The molecular weight excluding hydrogens is 244 g/mol. The molecular formula is C19H18O. The Balaban J connectivity index is 2.07. The molecule has 3 aromatic rings. The highest BCUT2D eigenvalue weighted by Gasteiger charge is 2.06. The number of rotatable bonds is 3. The Labute approximate surface area is 119 Å². The number of hydrogen-bond acceptors (Lipinski definition) is 1. The molecule has 1 N–H and O–H groups in total. The van der Waals surface area contributed by atoms with E-state index in [1.165, 1.54) is 21.9 Å². The van der Waals surface area contributed by atoms with E-state index in [-0.39, 0.29) is 6.10 Å². The van der Waals surface area contributed by atoms with Crippen LogP contribution in [0.5, 0.6) is 0 Å². The van der Waals surface area contributed by atoms with E-state index in [4.69, 9.17) is 0 Å². The van der Waals surface area contributed by atoms with Gasteiger partial charge in [0.15, 0.2) is 0 Å². The van der Waals surface area contributed by atoms with Crippen molar-refractivity contribution in [2.24, 2.45) is 0 Å². The lowest BCUT2D eigenvalue weighted by Crippen LogP contribution is -1.94. The lowest BCUT2D eigenvalue weighted by molar-refractivity contribution is 0.173. The molecule has 0 saturated carbocycles. The van der Waals surface area contributed by atoms with Crippen LogP contribution >= 0.6 is 0 Å². The van der Waals surface area contributed by atoms with E-state index in [1.54, 1.807) is 0 Å². The molecule has 1 heteroatoms. The van der Waals surface area contributed by atoms with Gasteiger partial charge in [-0.1, -0.05) is 73.7 Å². The summed E-state index contributed by atoms with van der Waals surface area (Å²) in [6.07, 6.45) is 0.379. The third-order valence-electron chi connectivity index (χ3n) is 3.78. The molecule has 1 nitrogen and oxygen atoms in total. The van der Waals surface area contributed by atoms with Crippen LogP contribution in [-0.4, -0.2) is 5.11 Å². The van der Waals surface area contributed by atoms with Gasteiger partial charge in [0.2, 0.25) is 0 Å². The van der Waals surface area contributed by atoms with Gasteiger partial charge in [0, 0.05) is 0 Å². The second kappa shape index (κ2) is 5.48. The van der Waals surface area contributed by atoms with Crippen molar-refractivity contribution in [3.8, 4) is 11.1 Å². The largest absolute Gasteiger partial charge is 0.388 e. The highest BCUT2D eigenvalue weighted by Crippen LogP contribution is 2.29. The highest BCUT2D eigenvalue weighted by molar-refractivity contribution is 5.96. The van der Waals surface area contributed by atoms with Crippen LogP contribution in [-0.2, 0) is 0 Å². The number of hydrogen-bond donors (Lipinski definition) is 1. The molecule has 0 unspecified atom stereocenters. The fourth-order valence-electron chi connectivity index (χ4n) is 2.60. The molecule has 3 aromatic carbocycles. The summed E-state index contributed by atoms with van der Waals surface area (Å²) >= 11 is 0. The van der Waals surface area contributed by atoms with Crippen LogP contribution in [0.3, 0.4) is 0 Å². The lowest BCUT2D eigenvalue weighted by atomic mass is 9.96. The quantitative estimate of drug-likeness (QED) is 0.708. The van der Waals surface area contributed by atoms with Gasteiger partial charge in [-0.2, -0.15) is 0 Å². The van der Waals surface area contributed by atoms with Gasteiger partial charge in [0.25, 0.3) is 0 Å². The van der Waals surface area contributed by atoms with Gasteiger partial charge >= 0.3 is 0 Å². The molecule has 0 aromatic heterocycles. The molecule has 0 heterocycles. The van der Waals surface area contributed by atoms with Crippen molar-refractivity contribution in [2.45, 2.75) is 19.4 Å². The summed E-state index contributed by atoms with van der Waals surface area (Å²) in [7, 11) is 0. The monoisotopic (exact) mass is 262 g/mol. The molecule has 0 aliphatic heterocycles. The minimum Gasteiger partial charge on any atom is -0.388 e. The van der Waals surface area contributed by atoms with Crippen LogP contribution in [0.15, 0.2) is 66.7 Å². The summed E-state index contributed by atoms with van der Waals surface area (Å²) in [5.41, 5.74) is 3.41. The zero-order valence-corrected chi connectivity index (χ0v) is 11.6. The van der Waals surface area contributed by atoms with Gasteiger partial charge in [0.1, 0.15) is 0 Å². The normalized spacial score (nSPS) is 12.5. The molecule has 0 spiro atoms. The Morgan fingerprint density at radius 2 is 1.55 bits per heavy atom. The molecule has 0 radical (unpaired) electrons. The van der Waals surface area contributed by atoms with Crippen molar-refractivity contribution >= 4 is 10.8 Å². The minimum atomic E-state index is -0.364. The van der Waals surface area contributed by atoms with Gasteiger partial charge in [-0.05, 0) is 33.9 Å². The van der Waals surface area contributed by atoms with E-state index in [2.05, 4.69) is 54.6 Å². The first-order valence-electron chi connectivity index (χ1n) is 7.05. The molecule has 0 amide bonds. The zero-order chi connectivity index (χ0) is 13.9. The Morgan fingerprint density at radius 3 is 2.30 bits per heavy atom. The van der Waals surface area contributed by atoms with Crippen LogP contribution < -0.4 is 0 Å². The Bertz CT molecular complexity index is 708. The first-order valence-corrected chi connectivity index (χ1v) is 7.05. The van der Waals surface area contributed by atoms with Crippen molar-refractivity contribution in [1.82, 2.24) is 0 Å². The van der Waals surface area contributed by atoms with Crippen molar-refractivity contribution in [1.29, 1.82) is 0 Å². The Hall–Kier alpha value is -2.12. The van der Waals surface area contributed by atoms with Crippen LogP contribution in [0.2, 0.25) is 0 Å². The maximum absolute atomic E-state index is 9.86. The van der Waals surface area contributed by atoms with E-state index in [9.17, 15) is 5.11 Å². The maximum Gasteiger partial charge on any atom is 0.0787 e. The first-order chi connectivity index (χ1) is 9.79. The van der Waals surface area contributed by atoms with Crippen LogP contribution in [0.1, 0.15) is 25.0 Å². The SMILES string of the molecule is CC[C@H](O)c1ccc(-c2cccc3ccccc23)cc1. The number of aliphatic hydroxyl groups excluding tert-OH is 1. The van der Waals surface area contributed by atoms with Gasteiger partial charge in [0.05, 0.1) is 6.10 Å². The van der Waals surface area contributed by atoms with Gasteiger partial charge < -0.3 is 5.11 Å². The van der Waals surface area contributed by atoms with Gasteiger partial charge in [-0.25, -0.2) is 0 Å². The maximum atomic E-state index is 9.86. The summed E-state index contributed by atoms with van der Waals surface area (Å²) in [6, 6.07) is 23.0. The number of aliphatic hydroxyl groups is 1. The van der Waals surface area contributed by atoms with Gasteiger partial charge in [-0.3, -0.25) is 0 Å². The standard InChI is InChI=1S/C19H18O/c1-2-19(20)16-12-10-15(11-13-16)18-9-5-7-14-6-3-4-8-17(14)18/h3-13,19-20H,2H2,1H3/t19-/m0/s1. The smallest absolute Gasteiger partial charge is 0.0787 e. The molecule has 0 aliphatic carbocycles. The molecule has 0 aliphatic rings. The summed E-state index contributed by atoms with van der Waals surface area (Å²) in [4.78, 5) is 0. The first kappa shape index (κ1) is 12.9. The summed E-state index contributed by atoms with van der Waals surface area (Å²) in [5.74, 6) is 0. The van der Waals surface area contributed by atoms with Crippen LogP contribution in [0, 0.1) is 0 Å².